The molecule has 4 aliphatic carbocycles. The van der Waals surface area contributed by atoms with Crippen molar-refractivity contribution in [3.05, 3.63) is 0 Å². The Morgan fingerprint density at radius 3 is 2.12 bits per heavy atom. The molecule has 4 saturated carbocycles. The molecule has 190 valence electrons. The van der Waals surface area contributed by atoms with Crippen molar-refractivity contribution < 1.29 is 24.1 Å². The molecule has 6 heteroatoms. The van der Waals surface area contributed by atoms with E-state index in [0.717, 1.165) is 38.5 Å². The van der Waals surface area contributed by atoms with Gasteiger partial charge in [-0.2, -0.15) is 0 Å². The summed E-state index contributed by atoms with van der Waals surface area (Å²) in [6.45, 7) is 17.5. The molecule has 2 N–H and O–H groups in total. The van der Waals surface area contributed by atoms with Gasteiger partial charge in [0.25, 0.3) is 0 Å². The maximum absolute atomic E-state index is 12.2. The van der Waals surface area contributed by atoms with Gasteiger partial charge in [0.1, 0.15) is 0 Å². The van der Waals surface area contributed by atoms with E-state index in [4.69, 9.17) is 13.9 Å². The molecule has 0 aromatic carbocycles. The summed E-state index contributed by atoms with van der Waals surface area (Å²) in [6, 6.07) is 0. The van der Waals surface area contributed by atoms with E-state index in [2.05, 4.69) is 47.7 Å². The minimum Gasteiger partial charge on any atom is -0.414 e. The lowest BCUT2D eigenvalue weighted by Crippen LogP contribution is -2.69. The van der Waals surface area contributed by atoms with Gasteiger partial charge in [-0.3, -0.25) is 0 Å². The summed E-state index contributed by atoms with van der Waals surface area (Å²) in [5, 5.41) is 23.9. The van der Waals surface area contributed by atoms with Crippen LogP contribution in [0.4, 0.5) is 0 Å². The fourth-order valence-corrected chi connectivity index (χ4v) is 10.2. The molecular formula is C27H48O5Si. The number of aliphatic hydroxyl groups is 2. The minimum atomic E-state index is -1.93. The predicted molar refractivity (Wildman–Crippen MR) is 131 cm³/mol. The van der Waals surface area contributed by atoms with Crippen LogP contribution < -0.4 is 0 Å². The van der Waals surface area contributed by atoms with E-state index in [1.54, 1.807) is 0 Å². The van der Waals surface area contributed by atoms with Crippen LogP contribution in [-0.2, 0) is 13.9 Å². The van der Waals surface area contributed by atoms with Crippen LogP contribution in [0.25, 0.3) is 0 Å². The van der Waals surface area contributed by atoms with Crippen molar-refractivity contribution in [2.45, 2.75) is 128 Å². The normalized spacial score (nSPS) is 49.5. The highest BCUT2D eigenvalue weighted by Crippen LogP contribution is 2.70. The Hall–Kier alpha value is 0.0169. The Morgan fingerprint density at radius 1 is 0.909 bits per heavy atom. The van der Waals surface area contributed by atoms with E-state index >= 15 is 0 Å². The highest BCUT2D eigenvalue weighted by Gasteiger charge is 2.71. The molecular weight excluding hydrogens is 432 g/mol. The van der Waals surface area contributed by atoms with E-state index in [9.17, 15) is 10.2 Å². The first-order valence-electron chi connectivity index (χ1n) is 13.6. The lowest BCUT2D eigenvalue weighted by Gasteiger charge is -2.66. The zero-order chi connectivity index (χ0) is 24.1. The lowest BCUT2D eigenvalue weighted by molar-refractivity contribution is -0.283. The summed E-state index contributed by atoms with van der Waals surface area (Å²) >= 11 is 0. The van der Waals surface area contributed by atoms with Gasteiger partial charge in [-0.25, -0.2) is 0 Å². The van der Waals surface area contributed by atoms with E-state index in [-0.39, 0.29) is 22.0 Å². The Labute approximate surface area is 202 Å². The van der Waals surface area contributed by atoms with Crippen LogP contribution in [0.1, 0.15) is 86.0 Å². The third-order valence-electron chi connectivity index (χ3n) is 11.9. The van der Waals surface area contributed by atoms with Crippen LogP contribution in [0, 0.1) is 28.6 Å². The maximum Gasteiger partial charge on any atom is 0.192 e. The molecule has 1 spiro atoms. The quantitative estimate of drug-likeness (QED) is 0.529. The molecule has 1 aliphatic heterocycles. The lowest BCUT2D eigenvalue weighted by atomic mass is 9.42. The highest BCUT2D eigenvalue weighted by atomic mass is 28.4. The van der Waals surface area contributed by atoms with Gasteiger partial charge in [0.15, 0.2) is 14.1 Å². The predicted octanol–water partition coefficient (Wildman–Crippen LogP) is 5.25. The van der Waals surface area contributed by atoms with Crippen LogP contribution in [0.3, 0.4) is 0 Å². The van der Waals surface area contributed by atoms with Crippen molar-refractivity contribution in [2.75, 3.05) is 13.2 Å². The maximum atomic E-state index is 12.2. The minimum absolute atomic E-state index is 0.0127. The van der Waals surface area contributed by atoms with Crippen LogP contribution in [-0.4, -0.2) is 55.3 Å². The Balaban J connectivity index is 1.40. The largest absolute Gasteiger partial charge is 0.414 e. The zero-order valence-corrected chi connectivity index (χ0v) is 23.1. The molecule has 8 atom stereocenters. The van der Waals surface area contributed by atoms with Crippen molar-refractivity contribution in [3.63, 3.8) is 0 Å². The molecule has 33 heavy (non-hydrogen) atoms. The first-order valence-corrected chi connectivity index (χ1v) is 16.5. The average Bonchev–Trinajstić information content (AvgIpc) is 3.30. The standard InChI is InChI=1S/C27H48O5Si/c1-23(2,3)33(6,7)32-18-8-11-24(4)20-9-12-25(5)21(10-13-27(25)30-14-15-31-27)19(20)16-22(28)26(24,29)17-18/h18-22,28-29H,8-17H2,1-7H3/t18-,19?,20?,21?,22-,24+,25-,26-/m0/s1. The number of hydrogen-bond donors (Lipinski definition) is 2. The Bertz CT molecular complexity index is 773. The molecule has 0 bridgehead atoms. The van der Waals surface area contributed by atoms with Gasteiger partial charge in [0, 0.05) is 29.8 Å². The number of hydrogen-bond acceptors (Lipinski definition) is 5. The molecule has 0 radical (unpaired) electrons. The van der Waals surface area contributed by atoms with Crippen LogP contribution >= 0.6 is 0 Å². The summed E-state index contributed by atoms with van der Waals surface area (Å²) in [5.74, 6) is 0.937. The van der Waals surface area contributed by atoms with Gasteiger partial charge in [-0.1, -0.05) is 34.6 Å². The van der Waals surface area contributed by atoms with Crippen molar-refractivity contribution in [1.82, 2.24) is 0 Å². The van der Waals surface area contributed by atoms with Crippen molar-refractivity contribution in [3.8, 4) is 0 Å². The van der Waals surface area contributed by atoms with Crippen LogP contribution in [0.15, 0.2) is 0 Å². The van der Waals surface area contributed by atoms with E-state index in [1.807, 2.05) is 0 Å². The molecule has 0 amide bonds. The summed E-state index contributed by atoms with van der Waals surface area (Å²) in [5.41, 5.74) is -1.32. The van der Waals surface area contributed by atoms with Gasteiger partial charge in [-0.15, -0.1) is 0 Å². The first-order chi connectivity index (χ1) is 15.2. The average molecular weight is 481 g/mol. The SMILES string of the molecule is CC(C)(C)[Si](C)(C)O[C@H]1CC[C@]2(C)C3CC[C@@]4(C)C(CCC45OCCO5)C3C[C@H](O)[C@@]2(O)C1. The molecule has 3 unspecified atom stereocenters. The van der Waals surface area contributed by atoms with E-state index < -0.39 is 25.8 Å². The summed E-state index contributed by atoms with van der Waals surface area (Å²) < 4.78 is 19.3. The Kier molecular flexibility index (Phi) is 5.63. The second kappa shape index (κ2) is 7.52. The van der Waals surface area contributed by atoms with E-state index in [1.165, 1.54) is 0 Å². The topological polar surface area (TPSA) is 68.2 Å². The van der Waals surface area contributed by atoms with Crippen molar-refractivity contribution in [2.24, 2.45) is 28.6 Å². The Morgan fingerprint density at radius 2 is 1.48 bits per heavy atom. The summed E-state index contributed by atoms with van der Waals surface area (Å²) in [7, 11) is -1.93. The highest BCUT2D eigenvalue weighted by molar-refractivity contribution is 6.74. The van der Waals surface area contributed by atoms with Gasteiger partial charge >= 0.3 is 0 Å². The van der Waals surface area contributed by atoms with Crippen LogP contribution in [0.5, 0.6) is 0 Å². The monoisotopic (exact) mass is 480 g/mol. The summed E-state index contributed by atoms with van der Waals surface area (Å²) in [4.78, 5) is 0. The van der Waals surface area contributed by atoms with Gasteiger partial charge in [0.05, 0.1) is 24.9 Å². The summed E-state index contributed by atoms with van der Waals surface area (Å²) in [6.07, 6.45) is 6.78. The smallest absolute Gasteiger partial charge is 0.192 e. The molecule has 1 heterocycles. The number of aliphatic hydroxyl groups excluding tert-OH is 1. The van der Waals surface area contributed by atoms with Gasteiger partial charge in [-0.05, 0) is 74.4 Å². The fourth-order valence-electron chi connectivity index (χ4n) is 8.82. The second-order valence-electron chi connectivity index (χ2n) is 14.2. The molecule has 0 aromatic heterocycles. The van der Waals surface area contributed by atoms with E-state index in [0.29, 0.717) is 43.8 Å². The van der Waals surface area contributed by atoms with Gasteiger partial charge < -0.3 is 24.1 Å². The van der Waals surface area contributed by atoms with Crippen LogP contribution in [0.2, 0.25) is 18.1 Å². The molecule has 0 aromatic rings. The van der Waals surface area contributed by atoms with Crippen molar-refractivity contribution >= 4 is 8.32 Å². The molecule has 5 fully saturated rings. The molecule has 1 saturated heterocycles. The fraction of sp³-hybridized carbons (Fsp3) is 1.00. The number of ether oxygens (including phenoxy) is 2. The zero-order valence-electron chi connectivity index (χ0n) is 22.1. The van der Waals surface area contributed by atoms with Crippen molar-refractivity contribution in [1.29, 1.82) is 0 Å². The number of rotatable bonds is 2. The van der Waals surface area contributed by atoms with Gasteiger partial charge in [0.2, 0.25) is 0 Å². The number of fused-ring (bicyclic) bond motifs is 6. The first kappa shape index (κ1) is 24.7. The molecule has 5 rings (SSSR count). The second-order valence-corrected chi connectivity index (χ2v) is 18.9. The third kappa shape index (κ3) is 3.26. The molecule has 5 nitrogen and oxygen atoms in total. The third-order valence-corrected chi connectivity index (χ3v) is 16.4. The molecule has 5 aliphatic rings.